The molecule has 1 aliphatic heterocycles. The number of carbonyl (C=O) groups is 2. The number of carboxylic acids is 1. The molecule has 1 N–H and O–H groups in total. The molecule has 0 bridgehead atoms. The third kappa shape index (κ3) is 4.10. The van der Waals surface area contributed by atoms with Crippen LogP contribution in [0.5, 0.6) is 5.75 Å². The summed E-state index contributed by atoms with van der Waals surface area (Å²) in [5.41, 5.74) is 0.613. The summed E-state index contributed by atoms with van der Waals surface area (Å²) >= 11 is 0. The van der Waals surface area contributed by atoms with Gasteiger partial charge < -0.3 is 9.84 Å². The number of hydrogen-bond donors (Lipinski definition) is 1. The fourth-order valence-electron chi connectivity index (χ4n) is 3.20. The first-order valence-corrected chi connectivity index (χ1v) is 8.31. The predicted octanol–water partition coefficient (Wildman–Crippen LogP) is 2.84. The lowest BCUT2D eigenvalue weighted by Crippen LogP contribution is -2.46. The van der Waals surface area contributed by atoms with Crippen molar-refractivity contribution in [3.05, 3.63) is 29.8 Å². The number of carboxylic acid groups (broad SMARTS) is 1. The van der Waals surface area contributed by atoms with Crippen LogP contribution >= 0.6 is 0 Å². The van der Waals surface area contributed by atoms with Crippen molar-refractivity contribution in [3.63, 3.8) is 0 Å². The second kappa shape index (κ2) is 8.11. The molecule has 1 saturated heterocycles. The second-order valence-corrected chi connectivity index (χ2v) is 5.87. The van der Waals surface area contributed by atoms with Crippen molar-refractivity contribution in [2.75, 3.05) is 19.7 Å². The maximum Gasteiger partial charge on any atom is 0.306 e. The summed E-state index contributed by atoms with van der Waals surface area (Å²) in [4.78, 5) is 26.1. The number of piperidine rings is 1. The van der Waals surface area contributed by atoms with E-state index in [0.29, 0.717) is 50.3 Å². The number of carbonyl (C=O) groups excluding carboxylic acids is 1. The number of para-hydroxylation sites is 1. The SMILES string of the molecule is CCOc1ccccc1C(=O)C(CC)N1CCC(C(=O)O)CC1. The molecule has 0 spiro atoms. The molecule has 5 nitrogen and oxygen atoms in total. The zero-order valence-corrected chi connectivity index (χ0v) is 13.8. The summed E-state index contributed by atoms with van der Waals surface area (Å²) in [6.07, 6.45) is 1.91. The van der Waals surface area contributed by atoms with Gasteiger partial charge in [0, 0.05) is 0 Å². The van der Waals surface area contributed by atoms with Gasteiger partial charge in [0.05, 0.1) is 24.1 Å². The average molecular weight is 319 g/mol. The third-order valence-electron chi connectivity index (χ3n) is 4.46. The highest BCUT2D eigenvalue weighted by Crippen LogP contribution is 2.25. The Morgan fingerprint density at radius 1 is 1.26 bits per heavy atom. The highest BCUT2D eigenvalue weighted by atomic mass is 16.5. The molecule has 1 aromatic carbocycles. The Hall–Kier alpha value is -1.88. The van der Waals surface area contributed by atoms with Crippen molar-refractivity contribution in [1.82, 2.24) is 4.90 Å². The number of nitrogens with zero attached hydrogens (tertiary/aromatic N) is 1. The molecular formula is C18H25NO4. The predicted molar refractivity (Wildman–Crippen MR) is 88.0 cm³/mol. The molecule has 0 aromatic heterocycles. The fraction of sp³-hybridized carbons (Fsp3) is 0.556. The van der Waals surface area contributed by atoms with Crippen molar-refractivity contribution in [3.8, 4) is 5.75 Å². The molecule has 23 heavy (non-hydrogen) atoms. The van der Waals surface area contributed by atoms with Gasteiger partial charge in [-0.15, -0.1) is 0 Å². The maximum atomic E-state index is 12.9. The number of rotatable bonds is 7. The van der Waals surface area contributed by atoms with E-state index in [0.717, 1.165) is 0 Å². The van der Waals surface area contributed by atoms with Crippen LogP contribution < -0.4 is 4.74 Å². The molecule has 2 rings (SSSR count). The van der Waals surface area contributed by atoms with E-state index in [1.165, 1.54) is 0 Å². The van der Waals surface area contributed by atoms with Crippen molar-refractivity contribution in [2.24, 2.45) is 5.92 Å². The lowest BCUT2D eigenvalue weighted by molar-refractivity contribution is -0.143. The van der Waals surface area contributed by atoms with E-state index >= 15 is 0 Å². The summed E-state index contributed by atoms with van der Waals surface area (Å²) in [6, 6.07) is 7.12. The highest BCUT2D eigenvalue weighted by molar-refractivity contribution is 6.02. The Morgan fingerprint density at radius 3 is 2.48 bits per heavy atom. The maximum absolute atomic E-state index is 12.9. The summed E-state index contributed by atoms with van der Waals surface area (Å²) in [7, 11) is 0. The Balaban J connectivity index is 2.12. The fourth-order valence-corrected chi connectivity index (χ4v) is 3.20. The molecule has 1 unspecified atom stereocenters. The van der Waals surface area contributed by atoms with Gasteiger partial charge in [-0.1, -0.05) is 19.1 Å². The molecule has 0 aliphatic carbocycles. The van der Waals surface area contributed by atoms with Gasteiger partial charge in [-0.3, -0.25) is 14.5 Å². The summed E-state index contributed by atoms with van der Waals surface area (Å²) < 4.78 is 5.57. The molecule has 0 radical (unpaired) electrons. The minimum absolute atomic E-state index is 0.0605. The van der Waals surface area contributed by atoms with Crippen LogP contribution in [0.3, 0.4) is 0 Å². The average Bonchev–Trinajstić information content (AvgIpc) is 2.56. The van der Waals surface area contributed by atoms with Crippen molar-refractivity contribution >= 4 is 11.8 Å². The van der Waals surface area contributed by atoms with Crippen LogP contribution in [0, 0.1) is 5.92 Å². The van der Waals surface area contributed by atoms with E-state index in [4.69, 9.17) is 9.84 Å². The molecule has 126 valence electrons. The van der Waals surface area contributed by atoms with Gasteiger partial charge in [0.25, 0.3) is 0 Å². The zero-order chi connectivity index (χ0) is 16.8. The molecule has 1 aliphatic rings. The Labute approximate surface area is 137 Å². The number of likely N-dealkylation sites (tertiary alicyclic amines) is 1. The van der Waals surface area contributed by atoms with Crippen molar-refractivity contribution in [1.29, 1.82) is 0 Å². The molecule has 1 aromatic rings. The number of Topliss-reactive ketones (excluding diaryl/α,β-unsaturated/α-hetero) is 1. The monoisotopic (exact) mass is 319 g/mol. The van der Waals surface area contributed by atoms with E-state index in [9.17, 15) is 9.59 Å². The molecular weight excluding hydrogens is 294 g/mol. The first kappa shape index (κ1) is 17.5. The Bertz CT molecular complexity index is 550. The first-order valence-electron chi connectivity index (χ1n) is 8.31. The molecule has 1 fully saturated rings. The van der Waals surface area contributed by atoms with Crippen molar-refractivity contribution in [2.45, 2.75) is 39.2 Å². The van der Waals surface area contributed by atoms with Crippen LogP contribution in [-0.2, 0) is 4.79 Å². The van der Waals surface area contributed by atoms with Crippen LogP contribution in [-0.4, -0.2) is 47.5 Å². The summed E-state index contributed by atoms with van der Waals surface area (Å²) in [5.74, 6) is -0.329. The number of aliphatic carboxylic acids is 1. The smallest absolute Gasteiger partial charge is 0.306 e. The number of hydrogen-bond acceptors (Lipinski definition) is 4. The van der Waals surface area contributed by atoms with E-state index in [1.54, 1.807) is 6.07 Å². The first-order chi connectivity index (χ1) is 11.1. The number of benzene rings is 1. The van der Waals surface area contributed by atoms with Gasteiger partial charge in [0.15, 0.2) is 5.78 Å². The summed E-state index contributed by atoms with van der Waals surface area (Å²) in [5, 5.41) is 9.10. The molecule has 0 saturated carbocycles. The minimum Gasteiger partial charge on any atom is -0.493 e. The lowest BCUT2D eigenvalue weighted by atomic mass is 9.93. The van der Waals surface area contributed by atoms with Gasteiger partial charge in [-0.2, -0.15) is 0 Å². The van der Waals surface area contributed by atoms with Crippen LogP contribution in [0.2, 0.25) is 0 Å². The van der Waals surface area contributed by atoms with Crippen molar-refractivity contribution < 1.29 is 19.4 Å². The topological polar surface area (TPSA) is 66.8 Å². The van der Waals surface area contributed by atoms with Gasteiger partial charge in [-0.25, -0.2) is 0 Å². The number of ketones is 1. The van der Waals surface area contributed by atoms with Crippen LogP contribution in [0.25, 0.3) is 0 Å². The molecule has 0 amide bonds. The quantitative estimate of drug-likeness (QED) is 0.783. The second-order valence-electron chi connectivity index (χ2n) is 5.87. The molecule has 1 atom stereocenters. The Kier molecular flexibility index (Phi) is 6.16. The highest BCUT2D eigenvalue weighted by Gasteiger charge is 2.32. The standard InChI is InChI=1S/C18H25NO4/c1-3-15(19-11-9-13(10-12-19)18(21)22)17(20)14-7-5-6-8-16(14)23-4-2/h5-8,13,15H,3-4,9-12H2,1-2H3,(H,21,22). The van der Waals surface area contributed by atoms with Gasteiger partial charge >= 0.3 is 5.97 Å². The van der Waals surface area contributed by atoms with Gasteiger partial charge in [-0.05, 0) is 51.4 Å². The van der Waals surface area contributed by atoms with E-state index in [2.05, 4.69) is 4.90 Å². The van der Waals surface area contributed by atoms with Crippen LogP contribution in [0.1, 0.15) is 43.5 Å². The van der Waals surface area contributed by atoms with E-state index < -0.39 is 5.97 Å². The number of ether oxygens (including phenoxy) is 1. The summed E-state index contributed by atoms with van der Waals surface area (Å²) in [6.45, 7) is 5.71. The molecule has 5 heteroatoms. The third-order valence-corrected chi connectivity index (χ3v) is 4.46. The molecule has 1 heterocycles. The minimum atomic E-state index is -0.731. The largest absolute Gasteiger partial charge is 0.493 e. The van der Waals surface area contributed by atoms with E-state index in [1.807, 2.05) is 32.0 Å². The normalized spacial score (nSPS) is 17.7. The van der Waals surface area contributed by atoms with Gasteiger partial charge in [0.2, 0.25) is 0 Å². The Morgan fingerprint density at radius 2 is 1.91 bits per heavy atom. The van der Waals surface area contributed by atoms with Crippen LogP contribution in [0.4, 0.5) is 0 Å². The van der Waals surface area contributed by atoms with E-state index in [-0.39, 0.29) is 17.7 Å². The van der Waals surface area contributed by atoms with Crippen LogP contribution in [0.15, 0.2) is 24.3 Å². The zero-order valence-electron chi connectivity index (χ0n) is 13.8. The lowest BCUT2D eigenvalue weighted by Gasteiger charge is -2.35. The van der Waals surface area contributed by atoms with Gasteiger partial charge in [0.1, 0.15) is 5.75 Å².